The zero-order valence-electron chi connectivity index (χ0n) is 11.1. The Hall–Kier alpha value is -0.250. The summed E-state index contributed by atoms with van der Waals surface area (Å²) >= 11 is 0. The SMILES string of the molecule is CC(O)COC(C)CO.CCCCOS(=O)(=O)O. The van der Waals surface area contributed by atoms with E-state index in [0.29, 0.717) is 13.0 Å². The van der Waals surface area contributed by atoms with Gasteiger partial charge in [0.15, 0.2) is 0 Å². The van der Waals surface area contributed by atoms with Crippen molar-refractivity contribution in [2.24, 2.45) is 0 Å². The summed E-state index contributed by atoms with van der Waals surface area (Å²) in [7, 11) is -4.20. The summed E-state index contributed by atoms with van der Waals surface area (Å²) in [6.45, 7) is 5.66. The van der Waals surface area contributed by atoms with Gasteiger partial charge in [0.2, 0.25) is 0 Å². The number of unbranched alkanes of at least 4 members (excludes halogenated alkanes) is 1. The summed E-state index contributed by atoms with van der Waals surface area (Å²) < 4.78 is 36.6. The normalized spacial score (nSPS) is 14.6. The van der Waals surface area contributed by atoms with Crippen LogP contribution < -0.4 is 0 Å². The average molecular weight is 288 g/mol. The molecule has 7 nitrogen and oxygen atoms in total. The van der Waals surface area contributed by atoms with Gasteiger partial charge in [-0.2, -0.15) is 8.42 Å². The molecule has 2 unspecified atom stereocenters. The molecule has 0 aromatic heterocycles. The van der Waals surface area contributed by atoms with Crippen LogP contribution in [0.5, 0.6) is 0 Å². The lowest BCUT2D eigenvalue weighted by Crippen LogP contribution is -2.19. The van der Waals surface area contributed by atoms with Crippen LogP contribution in [0.4, 0.5) is 0 Å². The van der Waals surface area contributed by atoms with E-state index in [1.165, 1.54) is 0 Å². The van der Waals surface area contributed by atoms with E-state index in [0.717, 1.165) is 6.42 Å². The summed E-state index contributed by atoms with van der Waals surface area (Å²) in [5, 5.41) is 17.1. The first-order valence-corrected chi connectivity index (χ1v) is 7.11. The van der Waals surface area contributed by atoms with E-state index in [4.69, 9.17) is 19.5 Å². The molecule has 0 saturated heterocycles. The second-order valence-electron chi connectivity index (χ2n) is 3.78. The average Bonchev–Trinajstić information content (AvgIpc) is 2.25. The molecule has 0 aliphatic carbocycles. The molecule has 0 fully saturated rings. The minimum Gasteiger partial charge on any atom is -0.394 e. The van der Waals surface area contributed by atoms with Gasteiger partial charge in [0.1, 0.15) is 0 Å². The molecule has 18 heavy (non-hydrogen) atoms. The maximum absolute atomic E-state index is 9.84. The number of rotatable bonds is 8. The van der Waals surface area contributed by atoms with E-state index in [9.17, 15) is 8.42 Å². The first kappa shape index (κ1) is 20.1. The summed E-state index contributed by atoms with van der Waals surface area (Å²) in [6, 6.07) is 0. The second kappa shape index (κ2) is 11.8. The monoisotopic (exact) mass is 288 g/mol. The molecule has 0 aliphatic rings. The fraction of sp³-hybridized carbons (Fsp3) is 1.00. The molecular formula is C10H24O7S. The van der Waals surface area contributed by atoms with Gasteiger partial charge in [-0.15, -0.1) is 0 Å². The van der Waals surface area contributed by atoms with Crippen LogP contribution >= 0.6 is 0 Å². The molecule has 112 valence electrons. The van der Waals surface area contributed by atoms with Gasteiger partial charge in [-0.1, -0.05) is 13.3 Å². The Bertz CT molecular complexity index is 263. The lowest BCUT2D eigenvalue weighted by Gasteiger charge is -2.10. The van der Waals surface area contributed by atoms with Gasteiger partial charge in [-0.25, -0.2) is 4.18 Å². The lowest BCUT2D eigenvalue weighted by molar-refractivity contribution is -0.0177. The third-order valence-corrected chi connectivity index (χ3v) is 2.07. The molecule has 0 spiro atoms. The molecule has 0 aromatic carbocycles. The summed E-state index contributed by atoms with van der Waals surface area (Å²) in [5.41, 5.74) is 0. The van der Waals surface area contributed by atoms with Crippen LogP contribution in [0.15, 0.2) is 0 Å². The third kappa shape index (κ3) is 21.1. The highest BCUT2D eigenvalue weighted by molar-refractivity contribution is 7.80. The van der Waals surface area contributed by atoms with Crippen molar-refractivity contribution in [1.82, 2.24) is 0 Å². The number of hydrogen-bond acceptors (Lipinski definition) is 6. The van der Waals surface area contributed by atoms with Crippen molar-refractivity contribution < 1.29 is 32.1 Å². The van der Waals surface area contributed by atoms with Crippen LogP contribution in [0.25, 0.3) is 0 Å². The molecule has 0 heterocycles. The molecule has 0 aromatic rings. The van der Waals surface area contributed by atoms with Crippen molar-refractivity contribution in [1.29, 1.82) is 0 Å². The smallest absolute Gasteiger partial charge is 0.394 e. The largest absolute Gasteiger partial charge is 0.397 e. The van der Waals surface area contributed by atoms with E-state index >= 15 is 0 Å². The van der Waals surface area contributed by atoms with Gasteiger partial charge >= 0.3 is 10.4 Å². The second-order valence-corrected chi connectivity index (χ2v) is 4.87. The molecular weight excluding hydrogens is 264 g/mol. The number of aliphatic hydroxyl groups excluding tert-OH is 2. The molecule has 3 N–H and O–H groups in total. The summed E-state index contributed by atoms with van der Waals surface area (Å²) in [5.74, 6) is 0. The molecule has 8 heteroatoms. The van der Waals surface area contributed by atoms with Crippen LogP contribution in [-0.4, -0.2) is 55.2 Å². The minimum atomic E-state index is -4.20. The van der Waals surface area contributed by atoms with E-state index in [2.05, 4.69) is 4.18 Å². The van der Waals surface area contributed by atoms with Crippen molar-refractivity contribution in [3.8, 4) is 0 Å². The van der Waals surface area contributed by atoms with Gasteiger partial charge in [0.25, 0.3) is 0 Å². The Morgan fingerprint density at radius 1 is 1.28 bits per heavy atom. The molecule has 0 aliphatic heterocycles. The number of aliphatic hydroxyl groups is 2. The van der Waals surface area contributed by atoms with Crippen molar-refractivity contribution in [3.05, 3.63) is 0 Å². The lowest BCUT2D eigenvalue weighted by atomic mass is 10.4. The first-order chi connectivity index (χ1) is 8.22. The highest BCUT2D eigenvalue weighted by Gasteiger charge is 2.01. The fourth-order valence-corrected chi connectivity index (χ4v) is 0.993. The van der Waals surface area contributed by atoms with E-state index in [-0.39, 0.29) is 19.3 Å². The van der Waals surface area contributed by atoms with Gasteiger partial charge < -0.3 is 14.9 Å². The number of hydrogen-bond donors (Lipinski definition) is 3. The van der Waals surface area contributed by atoms with E-state index in [1.807, 2.05) is 6.92 Å². The Labute approximate surface area is 109 Å². The van der Waals surface area contributed by atoms with Gasteiger partial charge in [-0.05, 0) is 20.3 Å². The van der Waals surface area contributed by atoms with Crippen molar-refractivity contribution >= 4 is 10.4 Å². The zero-order chi connectivity index (χ0) is 14.6. The molecule has 0 amide bonds. The predicted octanol–water partition coefficient (Wildman–Crippen LogP) is 0.371. The van der Waals surface area contributed by atoms with Crippen LogP contribution in [0, 0.1) is 0 Å². The fourth-order valence-electron chi connectivity index (χ4n) is 0.665. The Kier molecular flexibility index (Phi) is 13.2. The maximum Gasteiger partial charge on any atom is 0.397 e. The molecule has 2 atom stereocenters. The van der Waals surface area contributed by atoms with Gasteiger partial charge in [-0.3, -0.25) is 4.55 Å². The summed E-state index contributed by atoms with van der Waals surface area (Å²) in [6.07, 6.45) is 0.869. The van der Waals surface area contributed by atoms with Crippen LogP contribution in [0.2, 0.25) is 0 Å². The van der Waals surface area contributed by atoms with Gasteiger partial charge in [0.05, 0.1) is 32.0 Å². The molecule has 0 bridgehead atoms. The Balaban J connectivity index is 0. The summed E-state index contributed by atoms with van der Waals surface area (Å²) in [4.78, 5) is 0. The topological polar surface area (TPSA) is 113 Å². The highest BCUT2D eigenvalue weighted by Crippen LogP contribution is 1.91. The Morgan fingerprint density at radius 2 is 1.83 bits per heavy atom. The predicted molar refractivity (Wildman–Crippen MR) is 66.6 cm³/mol. The van der Waals surface area contributed by atoms with Crippen LogP contribution in [-0.2, 0) is 19.3 Å². The molecule has 0 radical (unpaired) electrons. The Morgan fingerprint density at radius 3 is 2.17 bits per heavy atom. The molecule has 0 rings (SSSR count). The quantitative estimate of drug-likeness (QED) is 0.437. The van der Waals surface area contributed by atoms with Crippen LogP contribution in [0.3, 0.4) is 0 Å². The maximum atomic E-state index is 9.84. The number of ether oxygens (including phenoxy) is 1. The van der Waals surface area contributed by atoms with Crippen molar-refractivity contribution in [2.75, 3.05) is 19.8 Å². The van der Waals surface area contributed by atoms with E-state index < -0.39 is 16.5 Å². The molecule has 0 saturated carbocycles. The van der Waals surface area contributed by atoms with Crippen LogP contribution in [0.1, 0.15) is 33.6 Å². The standard InChI is InChI=1S/C6H14O3.C4H10O4S/c1-5(8)4-9-6(2)3-7;1-2-3-4-8-9(5,6)7/h5-8H,3-4H2,1-2H3;2-4H2,1H3,(H,5,6,7). The third-order valence-electron chi connectivity index (χ3n) is 1.61. The minimum absolute atomic E-state index is 0.00667. The van der Waals surface area contributed by atoms with Gasteiger partial charge in [0, 0.05) is 0 Å². The van der Waals surface area contributed by atoms with E-state index in [1.54, 1.807) is 13.8 Å². The highest BCUT2D eigenvalue weighted by atomic mass is 32.3. The first-order valence-electron chi connectivity index (χ1n) is 5.75. The van der Waals surface area contributed by atoms with Crippen molar-refractivity contribution in [2.45, 2.75) is 45.8 Å². The zero-order valence-corrected chi connectivity index (χ0v) is 11.9. The van der Waals surface area contributed by atoms with Crippen molar-refractivity contribution in [3.63, 3.8) is 0 Å².